The summed E-state index contributed by atoms with van der Waals surface area (Å²) in [5.41, 5.74) is 4.43. The van der Waals surface area contributed by atoms with Gasteiger partial charge in [0.2, 0.25) is 5.75 Å². The summed E-state index contributed by atoms with van der Waals surface area (Å²) in [6, 6.07) is 7.86. The summed E-state index contributed by atoms with van der Waals surface area (Å²) in [6.07, 6.45) is 4.15. The van der Waals surface area contributed by atoms with Gasteiger partial charge < -0.3 is 24.3 Å². The zero-order valence-corrected chi connectivity index (χ0v) is 19.7. The number of carbonyl (C=O) groups is 1. The van der Waals surface area contributed by atoms with Crippen molar-refractivity contribution in [2.75, 3.05) is 33.0 Å². The highest BCUT2D eigenvalue weighted by Gasteiger charge is 2.19. The van der Waals surface area contributed by atoms with E-state index in [1.54, 1.807) is 12.1 Å². The van der Waals surface area contributed by atoms with Crippen molar-refractivity contribution in [3.05, 3.63) is 46.5 Å². The Morgan fingerprint density at radius 2 is 1.34 bits per heavy atom. The standard InChI is InChI=1S/C26H35NO5/c1-5-29-22-15-19-11-9-10-18(19)14-20(22)12-13-27-26(28)21-16-23(30-6-2)25(32-8-4)24(17-21)31-7-3/h14-17H,5-13H2,1-4H3,(H,27,28). The molecule has 1 aliphatic rings. The van der Waals surface area contributed by atoms with E-state index in [2.05, 4.69) is 17.4 Å². The largest absolute Gasteiger partial charge is 0.494 e. The van der Waals surface area contributed by atoms with Gasteiger partial charge in [-0.2, -0.15) is 0 Å². The number of hydrogen-bond acceptors (Lipinski definition) is 5. The second-order valence-corrected chi connectivity index (χ2v) is 7.62. The number of aryl methyl sites for hydroxylation is 2. The molecule has 0 aliphatic heterocycles. The molecule has 1 N–H and O–H groups in total. The lowest BCUT2D eigenvalue weighted by molar-refractivity contribution is 0.0953. The molecule has 0 aromatic heterocycles. The minimum atomic E-state index is -0.172. The fraction of sp³-hybridized carbons (Fsp3) is 0.500. The van der Waals surface area contributed by atoms with Crippen molar-refractivity contribution in [2.45, 2.75) is 53.4 Å². The van der Waals surface area contributed by atoms with Crippen LogP contribution < -0.4 is 24.3 Å². The third kappa shape index (κ3) is 5.67. The molecule has 0 fully saturated rings. The first kappa shape index (κ1) is 23.8. The van der Waals surface area contributed by atoms with Crippen molar-refractivity contribution >= 4 is 5.91 Å². The average molecular weight is 442 g/mol. The van der Waals surface area contributed by atoms with E-state index < -0.39 is 0 Å². The third-order valence-corrected chi connectivity index (χ3v) is 5.43. The van der Waals surface area contributed by atoms with E-state index in [4.69, 9.17) is 18.9 Å². The first-order chi connectivity index (χ1) is 15.6. The SMILES string of the molecule is CCOc1cc2c(cc1CCNC(=O)c1cc(OCC)c(OCC)c(OCC)c1)CCC2. The van der Waals surface area contributed by atoms with Gasteiger partial charge in [0.25, 0.3) is 5.91 Å². The maximum atomic E-state index is 12.9. The minimum absolute atomic E-state index is 0.172. The van der Waals surface area contributed by atoms with Crippen molar-refractivity contribution in [1.82, 2.24) is 5.32 Å². The van der Waals surface area contributed by atoms with Crippen LogP contribution in [-0.4, -0.2) is 38.9 Å². The van der Waals surface area contributed by atoms with Crippen LogP contribution in [0.5, 0.6) is 23.0 Å². The Morgan fingerprint density at radius 1 is 0.781 bits per heavy atom. The maximum absolute atomic E-state index is 12.9. The Kier molecular flexibility index (Phi) is 8.65. The quantitative estimate of drug-likeness (QED) is 0.515. The van der Waals surface area contributed by atoms with Gasteiger partial charge in [-0.25, -0.2) is 0 Å². The van der Waals surface area contributed by atoms with Gasteiger partial charge in [-0.05, 0) is 88.3 Å². The van der Waals surface area contributed by atoms with Gasteiger partial charge in [-0.3, -0.25) is 4.79 Å². The fourth-order valence-corrected chi connectivity index (χ4v) is 4.07. The van der Waals surface area contributed by atoms with Crippen LogP contribution in [0.4, 0.5) is 0 Å². The molecule has 0 heterocycles. The van der Waals surface area contributed by atoms with Crippen LogP contribution in [0.15, 0.2) is 24.3 Å². The van der Waals surface area contributed by atoms with Crippen molar-refractivity contribution in [1.29, 1.82) is 0 Å². The van der Waals surface area contributed by atoms with Gasteiger partial charge in [0.15, 0.2) is 11.5 Å². The molecule has 0 saturated carbocycles. The highest BCUT2D eigenvalue weighted by molar-refractivity contribution is 5.95. The van der Waals surface area contributed by atoms with Gasteiger partial charge >= 0.3 is 0 Å². The molecule has 6 heteroatoms. The highest BCUT2D eigenvalue weighted by Crippen LogP contribution is 2.39. The van der Waals surface area contributed by atoms with Crippen LogP contribution in [0, 0.1) is 0 Å². The van der Waals surface area contributed by atoms with Gasteiger partial charge in [0, 0.05) is 12.1 Å². The molecule has 0 saturated heterocycles. The number of fused-ring (bicyclic) bond motifs is 1. The van der Waals surface area contributed by atoms with E-state index in [-0.39, 0.29) is 5.91 Å². The number of ether oxygens (including phenoxy) is 4. The van der Waals surface area contributed by atoms with Crippen LogP contribution in [0.1, 0.15) is 61.2 Å². The van der Waals surface area contributed by atoms with E-state index in [0.29, 0.717) is 62.2 Å². The van der Waals surface area contributed by atoms with Gasteiger partial charge in [-0.1, -0.05) is 6.07 Å². The van der Waals surface area contributed by atoms with Crippen LogP contribution in [0.25, 0.3) is 0 Å². The normalized spacial score (nSPS) is 12.2. The number of hydrogen-bond donors (Lipinski definition) is 1. The molecule has 2 aromatic rings. The van der Waals surface area contributed by atoms with Crippen molar-refractivity contribution < 1.29 is 23.7 Å². The number of rotatable bonds is 12. The minimum Gasteiger partial charge on any atom is -0.494 e. The lowest BCUT2D eigenvalue weighted by atomic mass is 10.0. The summed E-state index contributed by atoms with van der Waals surface area (Å²) in [6.45, 7) is 10.3. The summed E-state index contributed by atoms with van der Waals surface area (Å²) >= 11 is 0. The van der Waals surface area contributed by atoms with Crippen molar-refractivity contribution in [3.8, 4) is 23.0 Å². The first-order valence-electron chi connectivity index (χ1n) is 11.7. The molecule has 0 spiro atoms. The summed E-state index contributed by atoms with van der Waals surface area (Å²) < 4.78 is 23.0. The lowest BCUT2D eigenvalue weighted by Crippen LogP contribution is -2.26. The second-order valence-electron chi connectivity index (χ2n) is 7.62. The topological polar surface area (TPSA) is 66.0 Å². The molecular formula is C26H35NO5. The zero-order valence-electron chi connectivity index (χ0n) is 19.7. The predicted molar refractivity (Wildman–Crippen MR) is 126 cm³/mol. The summed E-state index contributed by atoms with van der Waals surface area (Å²) in [5, 5.41) is 3.03. The van der Waals surface area contributed by atoms with Crippen LogP contribution in [-0.2, 0) is 19.3 Å². The van der Waals surface area contributed by atoms with E-state index in [1.165, 1.54) is 17.5 Å². The van der Waals surface area contributed by atoms with Crippen LogP contribution >= 0.6 is 0 Å². The average Bonchev–Trinajstić information content (AvgIpc) is 3.23. The Bertz CT molecular complexity index is 898. The van der Waals surface area contributed by atoms with E-state index in [0.717, 1.165) is 24.2 Å². The van der Waals surface area contributed by atoms with Crippen LogP contribution in [0.2, 0.25) is 0 Å². The maximum Gasteiger partial charge on any atom is 0.251 e. The van der Waals surface area contributed by atoms with Crippen LogP contribution in [0.3, 0.4) is 0 Å². The number of carbonyl (C=O) groups excluding carboxylic acids is 1. The zero-order chi connectivity index (χ0) is 22.9. The van der Waals surface area contributed by atoms with Gasteiger partial charge in [-0.15, -0.1) is 0 Å². The molecule has 1 aliphatic carbocycles. The summed E-state index contributed by atoms with van der Waals surface area (Å²) in [7, 11) is 0. The first-order valence-corrected chi connectivity index (χ1v) is 11.7. The van der Waals surface area contributed by atoms with Crippen molar-refractivity contribution in [2.24, 2.45) is 0 Å². The molecule has 0 unspecified atom stereocenters. The number of benzene rings is 2. The molecular weight excluding hydrogens is 406 g/mol. The predicted octanol–water partition coefficient (Wildman–Crippen LogP) is 4.74. The molecule has 174 valence electrons. The number of nitrogens with one attached hydrogen (secondary N) is 1. The molecule has 32 heavy (non-hydrogen) atoms. The lowest BCUT2D eigenvalue weighted by Gasteiger charge is -2.17. The van der Waals surface area contributed by atoms with Gasteiger partial charge in [0.05, 0.1) is 26.4 Å². The Labute approximate surface area is 191 Å². The Morgan fingerprint density at radius 3 is 1.94 bits per heavy atom. The Balaban J connectivity index is 1.73. The summed E-state index contributed by atoms with van der Waals surface area (Å²) in [4.78, 5) is 12.9. The highest BCUT2D eigenvalue weighted by atomic mass is 16.5. The fourth-order valence-electron chi connectivity index (χ4n) is 4.07. The third-order valence-electron chi connectivity index (χ3n) is 5.43. The molecule has 0 bridgehead atoms. The molecule has 3 rings (SSSR count). The molecule has 2 aromatic carbocycles. The molecule has 0 radical (unpaired) electrons. The van der Waals surface area contributed by atoms with Crippen molar-refractivity contribution in [3.63, 3.8) is 0 Å². The second kappa shape index (κ2) is 11.7. The smallest absolute Gasteiger partial charge is 0.251 e. The van der Waals surface area contributed by atoms with E-state index in [1.807, 2.05) is 27.7 Å². The Hall–Kier alpha value is -2.89. The molecule has 6 nitrogen and oxygen atoms in total. The van der Waals surface area contributed by atoms with E-state index in [9.17, 15) is 4.79 Å². The monoisotopic (exact) mass is 441 g/mol. The molecule has 0 atom stereocenters. The van der Waals surface area contributed by atoms with Gasteiger partial charge in [0.1, 0.15) is 5.75 Å². The molecule has 1 amide bonds. The van der Waals surface area contributed by atoms with E-state index >= 15 is 0 Å². The summed E-state index contributed by atoms with van der Waals surface area (Å²) in [5.74, 6) is 2.33. The number of amides is 1.